The van der Waals surface area contributed by atoms with Crippen LogP contribution in [0.1, 0.15) is 31.5 Å². The van der Waals surface area contributed by atoms with Crippen LogP contribution in [-0.2, 0) is 17.6 Å². The summed E-state index contributed by atoms with van der Waals surface area (Å²) in [6.45, 7) is 4.30. The number of hydrogen-bond donors (Lipinski definition) is 2. The molecule has 0 unspecified atom stereocenters. The third kappa shape index (κ3) is 3.20. The van der Waals surface area contributed by atoms with Crippen molar-refractivity contribution in [1.29, 1.82) is 0 Å². The highest BCUT2D eigenvalue weighted by Crippen LogP contribution is 2.12. The average Bonchev–Trinajstić information content (AvgIpc) is 2.47. The van der Waals surface area contributed by atoms with Gasteiger partial charge < -0.3 is 5.73 Å². The van der Waals surface area contributed by atoms with E-state index in [9.17, 15) is 4.79 Å². The molecule has 0 aliphatic rings. The lowest BCUT2D eigenvalue weighted by atomic mass is 10.0. The molecule has 0 atom stereocenters. The predicted molar refractivity (Wildman–Crippen MR) is 54.6 cm³/mol. The van der Waals surface area contributed by atoms with Crippen molar-refractivity contribution in [2.24, 2.45) is 11.7 Å². The predicted octanol–water partition coefficient (Wildman–Crippen LogP) is 1.03. The monoisotopic (exact) mass is 195 g/mol. The Morgan fingerprint density at radius 3 is 2.93 bits per heavy atom. The lowest BCUT2D eigenvalue weighted by molar-refractivity contribution is -0.117. The molecule has 78 valence electrons. The van der Waals surface area contributed by atoms with Gasteiger partial charge in [0.25, 0.3) is 0 Å². The summed E-state index contributed by atoms with van der Waals surface area (Å²) in [4.78, 5) is 10.6. The number of carbonyl (C=O) groups excluding carboxylic acids is 1. The van der Waals surface area contributed by atoms with Gasteiger partial charge >= 0.3 is 0 Å². The minimum absolute atomic E-state index is 0.262. The van der Waals surface area contributed by atoms with E-state index >= 15 is 0 Å². The molecule has 1 amide bonds. The third-order valence-electron chi connectivity index (χ3n) is 2.06. The number of aromatic amines is 1. The Morgan fingerprint density at radius 2 is 2.36 bits per heavy atom. The fourth-order valence-electron chi connectivity index (χ4n) is 1.40. The van der Waals surface area contributed by atoms with Crippen molar-refractivity contribution in [3.8, 4) is 0 Å². The van der Waals surface area contributed by atoms with Crippen LogP contribution < -0.4 is 5.73 Å². The zero-order valence-electron chi connectivity index (χ0n) is 8.71. The summed E-state index contributed by atoms with van der Waals surface area (Å²) >= 11 is 0. The molecule has 1 heterocycles. The van der Waals surface area contributed by atoms with E-state index < -0.39 is 0 Å². The molecule has 0 fully saturated rings. The normalized spacial score (nSPS) is 10.8. The number of aryl methyl sites for hydroxylation is 1. The summed E-state index contributed by atoms with van der Waals surface area (Å²) in [6, 6.07) is 0. The molecule has 1 aromatic rings. The Bertz CT molecular complexity index is 304. The van der Waals surface area contributed by atoms with Crippen LogP contribution in [0.2, 0.25) is 0 Å². The smallest absolute Gasteiger partial charge is 0.217 e. The van der Waals surface area contributed by atoms with Crippen LogP contribution in [0.5, 0.6) is 0 Å². The molecular weight excluding hydrogens is 178 g/mol. The largest absolute Gasteiger partial charge is 0.370 e. The molecule has 4 nitrogen and oxygen atoms in total. The van der Waals surface area contributed by atoms with Gasteiger partial charge in [-0.25, -0.2) is 0 Å². The quantitative estimate of drug-likeness (QED) is 0.736. The summed E-state index contributed by atoms with van der Waals surface area (Å²) in [5, 5.41) is 6.93. The first kappa shape index (κ1) is 10.8. The van der Waals surface area contributed by atoms with Crippen LogP contribution in [-0.4, -0.2) is 16.1 Å². The summed E-state index contributed by atoms with van der Waals surface area (Å²) in [5.74, 6) is 0.324. The fraction of sp³-hybridized carbons (Fsp3) is 0.600. The molecule has 0 aliphatic heterocycles. The van der Waals surface area contributed by atoms with E-state index in [1.807, 2.05) is 0 Å². The van der Waals surface area contributed by atoms with Crippen LogP contribution in [0, 0.1) is 5.92 Å². The molecule has 3 N–H and O–H groups in total. The lowest BCUT2D eigenvalue weighted by Crippen LogP contribution is -2.11. The van der Waals surface area contributed by atoms with Gasteiger partial charge in [-0.05, 0) is 24.3 Å². The maximum absolute atomic E-state index is 10.6. The van der Waals surface area contributed by atoms with E-state index in [1.54, 1.807) is 6.20 Å². The molecule has 1 rings (SSSR count). The first-order valence-electron chi connectivity index (χ1n) is 4.89. The minimum atomic E-state index is -0.262. The van der Waals surface area contributed by atoms with Crippen LogP contribution in [0.4, 0.5) is 0 Å². The van der Waals surface area contributed by atoms with Gasteiger partial charge in [0, 0.05) is 12.1 Å². The van der Waals surface area contributed by atoms with Crippen LogP contribution in [0.25, 0.3) is 0 Å². The van der Waals surface area contributed by atoms with E-state index in [1.165, 1.54) is 0 Å². The lowest BCUT2D eigenvalue weighted by Gasteiger charge is -2.04. The highest BCUT2D eigenvalue weighted by atomic mass is 16.1. The van der Waals surface area contributed by atoms with Crippen molar-refractivity contribution in [2.75, 3.05) is 0 Å². The van der Waals surface area contributed by atoms with Gasteiger partial charge in [0.15, 0.2) is 0 Å². The van der Waals surface area contributed by atoms with E-state index in [-0.39, 0.29) is 5.91 Å². The van der Waals surface area contributed by atoms with E-state index in [2.05, 4.69) is 24.0 Å². The molecule has 0 spiro atoms. The second kappa shape index (κ2) is 4.79. The molecule has 0 radical (unpaired) electrons. The molecule has 14 heavy (non-hydrogen) atoms. The van der Waals surface area contributed by atoms with Gasteiger partial charge in [-0.15, -0.1) is 0 Å². The van der Waals surface area contributed by atoms with Crippen molar-refractivity contribution in [1.82, 2.24) is 10.2 Å². The standard InChI is InChI=1S/C10H17N3O/c1-7(2)5-9-8(6-12-13-9)3-4-10(11)14/h6-7H,3-5H2,1-2H3,(H2,11,14)(H,12,13). The zero-order valence-corrected chi connectivity index (χ0v) is 8.71. The Kier molecular flexibility index (Phi) is 3.68. The van der Waals surface area contributed by atoms with Gasteiger partial charge in [0.2, 0.25) is 5.91 Å². The van der Waals surface area contributed by atoms with Crippen molar-refractivity contribution in [2.45, 2.75) is 33.1 Å². The molecule has 1 aromatic heterocycles. The SMILES string of the molecule is CC(C)Cc1[nH]ncc1CCC(N)=O. The summed E-state index contributed by atoms with van der Waals surface area (Å²) in [6.07, 6.45) is 3.83. The number of aromatic nitrogens is 2. The van der Waals surface area contributed by atoms with E-state index in [0.717, 1.165) is 17.7 Å². The van der Waals surface area contributed by atoms with Crippen LogP contribution in [0.15, 0.2) is 6.20 Å². The highest BCUT2D eigenvalue weighted by molar-refractivity contribution is 5.74. The van der Waals surface area contributed by atoms with Gasteiger partial charge in [-0.1, -0.05) is 13.8 Å². The van der Waals surface area contributed by atoms with Crippen LogP contribution in [0.3, 0.4) is 0 Å². The summed E-state index contributed by atoms with van der Waals surface area (Å²) in [5.41, 5.74) is 7.33. The van der Waals surface area contributed by atoms with Gasteiger partial charge in [0.1, 0.15) is 0 Å². The number of nitrogens with one attached hydrogen (secondary N) is 1. The Labute approximate surface area is 83.9 Å². The number of rotatable bonds is 5. The third-order valence-corrected chi connectivity index (χ3v) is 2.06. The highest BCUT2D eigenvalue weighted by Gasteiger charge is 2.07. The Morgan fingerprint density at radius 1 is 1.64 bits per heavy atom. The first-order valence-corrected chi connectivity index (χ1v) is 4.89. The molecule has 4 heteroatoms. The number of amides is 1. The summed E-state index contributed by atoms with van der Waals surface area (Å²) in [7, 11) is 0. The van der Waals surface area contributed by atoms with Gasteiger partial charge in [-0.3, -0.25) is 9.89 Å². The molecule has 0 saturated carbocycles. The minimum Gasteiger partial charge on any atom is -0.370 e. The molecule has 0 saturated heterocycles. The number of nitrogens with zero attached hydrogens (tertiary/aromatic N) is 1. The Hall–Kier alpha value is -1.32. The molecule has 0 aliphatic carbocycles. The number of primary amides is 1. The van der Waals surface area contributed by atoms with E-state index in [4.69, 9.17) is 5.73 Å². The molecular formula is C10H17N3O. The van der Waals surface area contributed by atoms with E-state index in [0.29, 0.717) is 18.8 Å². The average molecular weight is 195 g/mol. The Balaban J connectivity index is 2.58. The number of H-pyrrole nitrogens is 1. The summed E-state index contributed by atoms with van der Waals surface area (Å²) < 4.78 is 0. The fourth-order valence-corrected chi connectivity index (χ4v) is 1.40. The number of nitrogens with two attached hydrogens (primary N) is 1. The van der Waals surface area contributed by atoms with Crippen LogP contribution >= 0.6 is 0 Å². The molecule has 0 bridgehead atoms. The first-order chi connectivity index (χ1) is 6.59. The number of carbonyl (C=O) groups is 1. The van der Waals surface area contributed by atoms with Crippen molar-refractivity contribution in [3.05, 3.63) is 17.5 Å². The number of hydrogen-bond acceptors (Lipinski definition) is 2. The topological polar surface area (TPSA) is 71.8 Å². The maximum Gasteiger partial charge on any atom is 0.217 e. The maximum atomic E-state index is 10.6. The second-order valence-electron chi connectivity index (χ2n) is 3.94. The van der Waals surface area contributed by atoms with Crippen molar-refractivity contribution >= 4 is 5.91 Å². The van der Waals surface area contributed by atoms with Gasteiger partial charge in [0.05, 0.1) is 6.20 Å². The zero-order chi connectivity index (χ0) is 10.6. The molecule has 0 aromatic carbocycles. The second-order valence-corrected chi connectivity index (χ2v) is 3.94. The van der Waals surface area contributed by atoms with Crippen molar-refractivity contribution in [3.63, 3.8) is 0 Å². The van der Waals surface area contributed by atoms with Gasteiger partial charge in [-0.2, -0.15) is 5.10 Å². The van der Waals surface area contributed by atoms with Crippen molar-refractivity contribution < 1.29 is 4.79 Å².